The van der Waals surface area contributed by atoms with Crippen LogP contribution in [0.15, 0.2) is 36.9 Å². The fourth-order valence-corrected chi connectivity index (χ4v) is 1.71. The summed E-state index contributed by atoms with van der Waals surface area (Å²) in [4.78, 5) is 3.85. The molecular weight excluding hydrogens is 214 g/mol. The number of hydrogen-bond acceptors (Lipinski definition) is 3. The molecule has 1 atom stereocenters. The van der Waals surface area contributed by atoms with Gasteiger partial charge in [-0.3, -0.25) is 0 Å². The molecule has 0 bridgehead atoms. The SMILES string of the molecule is Cc1ccc(CCC(C)(O)n2cncn2)cc1. The Morgan fingerprint density at radius 3 is 2.59 bits per heavy atom. The van der Waals surface area contributed by atoms with E-state index in [1.54, 1.807) is 6.92 Å². The van der Waals surface area contributed by atoms with E-state index in [-0.39, 0.29) is 0 Å². The molecule has 1 unspecified atom stereocenters. The van der Waals surface area contributed by atoms with Crippen molar-refractivity contribution in [2.45, 2.75) is 32.4 Å². The van der Waals surface area contributed by atoms with Gasteiger partial charge in [-0.15, -0.1) is 0 Å². The lowest BCUT2D eigenvalue weighted by atomic mass is 10.0. The first-order chi connectivity index (χ1) is 8.08. The number of benzene rings is 1. The highest BCUT2D eigenvalue weighted by atomic mass is 16.3. The number of aromatic nitrogens is 3. The molecule has 1 N–H and O–H groups in total. The van der Waals surface area contributed by atoms with E-state index >= 15 is 0 Å². The van der Waals surface area contributed by atoms with Crippen molar-refractivity contribution >= 4 is 0 Å². The summed E-state index contributed by atoms with van der Waals surface area (Å²) >= 11 is 0. The smallest absolute Gasteiger partial charge is 0.157 e. The van der Waals surface area contributed by atoms with Gasteiger partial charge in [0, 0.05) is 6.42 Å². The maximum absolute atomic E-state index is 10.3. The van der Waals surface area contributed by atoms with Gasteiger partial charge in [0.25, 0.3) is 0 Å². The van der Waals surface area contributed by atoms with Crippen LogP contribution in [0.4, 0.5) is 0 Å². The van der Waals surface area contributed by atoms with Gasteiger partial charge in [0.1, 0.15) is 12.7 Å². The highest BCUT2D eigenvalue weighted by Gasteiger charge is 2.22. The summed E-state index contributed by atoms with van der Waals surface area (Å²) in [6.07, 6.45) is 4.39. The van der Waals surface area contributed by atoms with Crippen LogP contribution < -0.4 is 0 Å². The summed E-state index contributed by atoms with van der Waals surface area (Å²) < 4.78 is 1.49. The molecule has 0 aliphatic heterocycles. The minimum atomic E-state index is -0.985. The predicted octanol–water partition coefficient (Wildman–Crippen LogP) is 1.88. The van der Waals surface area contributed by atoms with Crippen LogP contribution in [-0.4, -0.2) is 19.9 Å². The number of aliphatic hydroxyl groups is 1. The van der Waals surface area contributed by atoms with Crippen molar-refractivity contribution in [1.82, 2.24) is 14.8 Å². The van der Waals surface area contributed by atoms with Crippen molar-refractivity contribution in [2.24, 2.45) is 0 Å². The molecule has 0 aliphatic rings. The number of rotatable bonds is 4. The third kappa shape index (κ3) is 2.91. The Morgan fingerprint density at radius 1 is 1.29 bits per heavy atom. The average Bonchev–Trinajstić information content (AvgIpc) is 2.82. The maximum Gasteiger partial charge on any atom is 0.157 e. The van der Waals surface area contributed by atoms with E-state index in [1.165, 1.54) is 28.5 Å². The van der Waals surface area contributed by atoms with E-state index in [1.807, 2.05) is 0 Å². The third-order valence-electron chi connectivity index (χ3n) is 2.92. The normalized spacial score (nSPS) is 14.5. The third-order valence-corrected chi connectivity index (χ3v) is 2.92. The monoisotopic (exact) mass is 231 g/mol. The molecule has 1 aromatic heterocycles. The van der Waals surface area contributed by atoms with Gasteiger partial charge < -0.3 is 5.11 Å². The summed E-state index contributed by atoms with van der Waals surface area (Å²) in [6, 6.07) is 8.35. The van der Waals surface area contributed by atoms with Gasteiger partial charge >= 0.3 is 0 Å². The molecule has 0 saturated carbocycles. The molecule has 4 nitrogen and oxygen atoms in total. The quantitative estimate of drug-likeness (QED) is 0.874. The minimum absolute atomic E-state index is 0.611. The van der Waals surface area contributed by atoms with Crippen LogP contribution >= 0.6 is 0 Å². The van der Waals surface area contributed by atoms with Gasteiger partial charge in [-0.2, -0.15) is 5.10 Å². The molecule has 0 aliphatic carbocycles. The van der Waals surface area contributed by atoms with Crippen molar-refractivity contribution < 1.29 is 5.11 Å². The molecule has 0 radical (unpaired) electrons. The molecule has 4 heteroatoms. The molecule has 0 spiro atoms. The van der Waals surface area contributed by atoms with Crippen molar-refractivity contribution in [3.05, 3.63) is 48.0 Å². The fraction of sp³-hybridized carbons (Fsp3) is 0.385. The van der Waals surface area contributed by atoms with E-state index < -0.39 is 5.72 Å². The first-order valence-electron chi connectivity index (χ1n) is 5.71. The molecule has 90 valence electrons. The van der Waals surface area contributed by atoms with Crippen molar-refractivity contribution in [1.29, 1.82) is 0 Å². The lowest BCUT2D eigenvalue weighted by molar-refractivity contribution is -0.0380. The summed E-state index contributed by atoms with van der Waals surface area (Å²) in [6.45, 7) is 3.81. The largest absolute Gasteiger partial charge is 0.369 e. The Morgan fingerprint density at radius 2 is 2.00 bits per heavy atom. The van der Waals surface area contributed by atoms with E-state index in [0.29, 0.717) is 6.42 Å². The molecule has 1 aromatic carbocycles. The Kier molecular flexibility index (Phi) is 3.24. The fourth-order valence-electron chi connectivity index (χ4n) is 1.71. The predicted molar refractivity (Wildman–Crippen MR) is 65.4 cm³/mol. The Balaban J connectivity index is 2.00. The Labute approximate surface area is 101 Å². The van der Waals surface area contributed by atoms with E-state index in [2.05, 4.69) is 41.3 Å². The molecular formula is C13H17N3O. The second-order valence-electron chi connectivity index (χ2n) is 4.54. The second-order valence-corrected chi connectivity index (χ2v) is 4.54. The van der Waals surface area contributed by atoms with E-state index in [4.69, 9.17) is 0 Å². The minimum Gasteiger partial charge on any atom is -0.369 e. The number of hydrogen-bond donors (Lipinski definition) is 1. The second kappa shape index (κ2) is 4.67. The van der Waals surface area contributed by atoms with Gasteiger partial charge in [0.05, 0.1) is 0 Å². The van der Waals surface area contributed by atoms with Crippen LogP contribution in [-0.2, 0) is 12.1 Å². The molecule has 0 fully saturated rings. The zero-order valence-electron chi connectivity index (χ0n) is 10.2. The van der Waals surface area contributed by atoms with Crippen LogP contribution in [0.1, 0.15) is 24.5 Å². The molecule has 0 saturated heterocycles. The molecule has 17 heavy (non-hydrogen) atoms. The van der Waals surface area contributed by atoms with Crippen LogP contribution in [0.2, 0.25) is 0 Å². The van der Waals surface area contributed by atoms with Crippen LogP contribution in [0.25, 0.3) is 0 Å². The Hall–Kier alpha value is -1.68. The zero-order chi connectivity index (χ0) is 12.3. The van der Waals surface area contributed by atoms with Crippen molar-refractivity contribution in [2.75, 3.05) is 0 Å². The van der Waals surface area contributed by atoms with Crippen molar-refractivity contribution in [3.8, 4) is 0 Å². The van der Waals surface area contributed by atoms with Crippen LogP contribution in [0.5, 0.6) is 0 Å². The highest BCUT2D eigenvalue weighted by molar-refractivity contribution is 5.21. The topological polar surface area (TPSA) is 50.9 Å². The first-order valence-corrected chi connectivity index (χ1v) is 5.71. The van der Waals surface area contributed by atoms with Gasteiger partial charge in [0.15, 0.2) is 5.72 Å². The number of aryl methyl sites for hydroxylation is 2. The average molecular weight is 231 g/mol. The van der Waals surface area contributed by atoms with Gasteiger partial charge in [-0.1, -0.05) is 29.8 Å². The van der Waals surface area contributed by atoms with Crippen LogP contribution in [0.3, 0.4) is 0 Å². The molecule has 2 aromatic rings. The maximum atomic E-state index is 10.3. The van der Waals surface area contributed by atoms with E-state index in [0.717, 1.165) is 6.42 Å². The van der Waals surface area contributed by atoms with Crippen LogP contribution in [0, 0.1) is 6.92 Å². The van der Waals surface area contributed by atoms with Gasteiger partial charge in [0.2, 0.25) is 0 Å². The summed E-state index contributed by atoms with van der Waals surface area (Å²) in [5.74, 6) is 0. The summed E-state index contributed by atoms with van der Waals surface area (Å²) in [5, 5.41) is 14.2. The zero-order valence-corrected chi connectivity index (χ0v) is 10.2. The van der Waals surface area contributed by atoms with Gasteiger partial charge in [-0.25, -0.2) is 9.67 Å². The summed E-state index contributed by atoms with van der Waals surface area (Å²) in [5.41, 5.74) is 1.48. The van der Waals surface area contributed by atoms with Crippen molar-refractivity contribution in [3.63, 3.8) is 0 Å². The lowest BCUT2D eigenvalue weighted by Crippen LogP contribution is -2.30. The standard InChI is InChI=1S/C13H17N3O/c1-11-3-5-12(6-4-11)7-8-13(2,17)16-10-14-9-15-16/h3-6,9-10,17H,7-8H2,1-2H3. The molecule has 1 heterocycles. The molecule has 0 amide bonds. The molecule has 2 rings (SSSR count). The highest BCUT2D eigenvalue weighted by Crippen LogP contribution is 2.18. The first kappa shape index (κ1) is 11.8. The lowest BCUT2D eigenvalue weighted by Gasteiger charge is -2.23. The van der Waals surface area contributed by atoms with Gasteiger partial charge in [-0.05, 0) is 25.8 Å². The Bertz CT molecular complexity index is 460. The summed E-state index contributed by atoms with van der Waals surface area (Å²) in [7, 11) is 0. The number of nitrogens with zero attached hydrogens (tertiary/aromatic N) is 3. The van der Waals surface area contributed by atoms with E-state index in [9.17, 15) is 5.11 Å².